The molecular weight excluding hydrogens is 477 g/mol. The molecular formula is C36H48NP. The van der Waals surface area contributed by atoms with Crippen LogP contribution in [0.5, 0.6) is 0 Å². The van der Waals surface area contributed by atoms with Crippen LogP contribution in [0.4, 0.5) is 5.69 Å². The van der Waals surface area contributed by atoms with Crippen LogP contribution in [0.1, 0.15) is 89.9 Å². The van der Waals surface area contributed by atoms with Crippen molar-refractivity contribution in [2.75, 3.05) is 11.9 Å². The topological polar surface area (TPSA) is 26.0 Å². The van der Waals surface area contributed by atoms with Gasteiger partial charge in [0.2, 0.25) is 0 Å². The summed E-state index contributed by atoms with van der Waals surface area (Å²) in [5.74, 6) is 7.58. The number of nitrogens with two attached hydrogens (primary N) is 1. The number of hydrogen-bond acceptors (Lipinski definition) is 1. The molecule has 202 valence electrons. The third kappa shape index (κ3) is 4.21. The highest BCUT2D eigenvalue weighted by Gasteiger charge is 2.62. The minimum atomic E-state index is 0.730. The zero-order chi connectivity index (χ0) is 25.3. The highest BCUT2D eigenvalue weighted by Crippen LogP contribution is 2.72. The Labute approximate surface area is 232 Å². The molecule has 8 aliphatic rings. The van der Waals surface area contributed by atoms with E-state index in [1.54, 1.807) is 77.0 Å². The summed E-state index contributed by atoms with van der Waals surface area (Å²) in [6.07, 6.45) is 23.6. The SMILES string of the molecule is Nc1ccccc1-c1cccc(PCCCC(C23CC4CC(CC(C4)C2)C3)C23CC4CC(CC(C4)C2)C3)c1. The van der Waals surface area contributed by atoms with Crippen LogP contribution in [0, 0.1) is 52.3 Å². The minimum Gasteiger partial charge on any atom is -0.398 e. The van der Waals surface area contributed by atoms with E-state index < -0.39 is 0 Å². The maximum Gasteiger partial charge on any atom is 0.0393 e. The third-order valence-corrected chi connectivity index (χ3v) is 14.1. The smallest absolute Gasteiger partial charge is 0.0393 e. The summed E-state index contributed by atoms with van der Waals surface area (Å²) < 4.78 is 0. The van der Waals surface area contributed by atoms with E-state index in [1.165, 1.54) is 35.4 Å². The number of anilines is 1. The largest absolute Gasteiger partial charge is 0.398 e. The minimum absolute atomic E-state index is 0.730. The molecule has 0 aliphatic heterocycles. The summed E-state index contributed by atoms with van der Waals surface area (Å²) in [5.41, 5.74) is 11.1. The summed E-state index contributed by atoms with van der Waals surface area (Å²) >= 11 is 0. The number of rotatable bonds is 8. The van der Waals surface area contributed by atoms with Crippen molar-refractivity contribution in [3.8, 4) is 11.1 Å². The van der Waals surface area contributed by atoms with E-state index in [9.17, 15) is 0 Å². The summed E-state index contributed by atoms with van der Waals surface area (Å²) in [6, 6.07) is 17.6. The molecule has 8 aliphatic carbocycles. The Morgan fingerprint density at radius 3 is 1.74 bits per heavy atom. The van der Waals surface area contributed by atoms with Crippen LogP contribution in [0.15, 0.2) is 48.5 Å². The van der Waals surface area contributed by atoms with Gasteiger partial charge in [-0.2, -0.15) is 0 Å². The molecule has 8 fully saturated rings. The molecule has 0 radical (unpaired) electrons. The van der Waals surface area contributed by atoms with Crippen molar-refractivity contribution in [1.82, 2.24) is 0 Å². The molecule has 2 heteroatoms. The molecule has 0 heterocycles. The van der Waals surface area contributed by atoms with Gasteiger partial charge in [-0.15, -0.1) is 0 Å². The Hall–Kier alpha value is -1.33. The van der Waals surface area contributed by atoms with Gasteiger partial charge in [-0.1, -0.05) is 45.0 Å². The lowest BCUT2D eigenvalue weighted by Gasteiger charge is -2.67. The van der Waals surface area contributed by atoms with Gasteiger partial charge < -0.3 is 5.73 Å². The molecule has 38 heavy (non-hydrogen) atoms. The normalized spacial score (nSPS) is 41.4. The van der Waals surface area contributed by atoms with Crippen LogP contribution in [0.3, 0.4) is 0 Å². The van der Waals surface area contributed by atoms with Gasteiger partial charge in [0.15, 0.2) is 0 Å². The standard InChI is InChI=1S/C36H48NP/c37-33-8-2-1-7-32(33)30-5-3-6-31(17-30)38-10-4-9-34(35-18-24-11-25(19-35)13-26(12-24)20-35)36-21-27-14-28(22-36)16-29(15-27)23-36/h1-3,5-8,17,24-29,34,38H,4,9-16,18-23,37H2. The van der Waals surface area contributed by atoms with Crippen molar-refractivity contribution >= 4 is 19.6 Å². The highest BCUT2D eigenvalue weighted by molar-refractivity contribution is 7.47. The van der Waals surface area contributed by atoms with Crippen LogP contribution in [0.25, 0.3) is 11.1 Å². The molecule has 0 amide bonds. The Balaban J connectivity index is 1.01. The third-order valence-electron chi connectivity index (χ3n) is 12.8. The molecule has 8 saturated carbocycles. The van der Waals surface area contributed by atoms with Gasteiger partial charge in [-0.3, -0.25) is 0 Å². The molecule has 1 atom stereocenters. The number of nitrogen functional groups attached to an aromatic ring is 1. The lowest BCUT2D eigenvalue weighted by molar-refractivity contribution is -0.174. The van der Waals surface area contributed by atoms with Gasteiger partial charge in [0.1, 0.15) is 0 Å². The van der Waals surface area contributed by atoms with Crippen LogP contribution in [0.2, 0.25) is 0 Å². The van der Waals surface area contributed by atoms with Gasteiger partial charge in [0.25, 0.3) is 0 Å². The second-order valence-corrected chi connectivity index (χ2v) is 16.8. The van der Waals surface area contributed by atoms with Crippen LogP contribution < -0.4 is 11.0 Å². The lowest BCUT2D eigenvalue weighted by atomic mass is 9.38. The first-order chi connectivity index (χ1) is 18.6. The second kappa shape index (κ2) is 9.36. The fourth-order valence-electron chi connectivity index (χ4n) is 12.6. The molecule has 1 unspecified atom stereocenters. The number of para-hydroxylation sites is 1. The van der Waals surface area contributed by atoms with Crippen molar-refractivity contribution in [1.29, 1.82) is 0 Å². The first-order valence-corrected chi connectivity index (χ1v) is 17.5. The van der Waals surface area contributed by atoms with Gasteiger partial charge in [0, 0.05) is 11.3 Å². The molecule has 0 aromatic heterocycles. The van der Waals surface area contributed by atoms with E-state index in [-0.39, 0.29) is 0 Å². The molecule has 8 bridgehead atoms. The van der Waals surface area contributed by atoms with Crippen molar-refractivity contribution in [2.24, 2.45) is 52.3 Å². The van der Waals surface area contributed by atoms with E-state index in [2.05, 4.69) is 36.4 Å². The number of hydrogen-bond donors (Lipinski definition) is 1. The average Bonchev–Trinajstić information content (AvgIpc) is 2.87. The Morgan fingerprint density at radius 1 is 0.684 bits per heavy atom. The van der Waals surface area contributed by atoms with Gasteiger partial charge in [0.05, 0.1) is 0 Å². The Bertz CT molecular complexity index is 1070. The highest BCUT2D eigenvalue weighted by atomic mass is 31.1. The fourth-order valence-corrected chi connectivity index (χ4v) is 13.7. The van der Waals surface area contributed by atoms with Crippen molar-refractivity contribution < 1.29 is 0 Å². The van der Waals surface area contributed by atoms with E-state index in [0.29, 0.717) is 0 Å². The van der Waals surface area contributed by atoms with Crippen molar-refractivity contribution in [3.63, 3.8) is 0 Å². The van der Waals surface area contributed by atoms with E-state index >= 15 is 0 Å². The summed E-state index contributed by atoms with van der Waals surface area (Å²) in [6.45, 7) is 0. The van der Waals surface area contributed by atoms with Crippen molar-refractivity contribution in [2.45, 2.75) is 89.9 Å². The predicted molar refractivity (Wildman–Crippen MR) is 163 cm³/mol. The first kappa shape index (κ1) is 24.5. The number of benzene rings is 2. The molecule has 2 N–H and O–H groups in total. The van der Waals surface area contributed by atoms with Gasteiger partial charge >= 0.3 is 0 Å². The summed E-state index contributed by atoms with van der Waals surface area (Å²) in [5, 5.41) is 1.52. The Kier molecular flexibility index (Phi) is 6.03. The monoisotopic (exact) mass is 525 g/mol. The molecule has 0 spiro atoms. The maximum absolute atomic E-state index is 6.31. The van der Waals surface area contributed by atoms with Crippen LogP contribution >= 0.6 is 8.58 Å². The molecule has 2 aromatic rings. The Morgan fingerprint density at radius 2 is 1.21 bits per heavy atom. The maximum atomic E-state index is 6.31. The zero-order valence-corrected chi connectivity index (χ0v) is 24.3. The van der Waals surface area contributed by atoms with E-state index in [0.717, 1.165) is 66.5 Å². The summed E-state index contributed by atoms with van der Waals surface area (Å²) in [7, 11) is 0.926. The first-order valence-electron chi connectivity index (χ1n) is 16.2. The predicted octanol–water partition coefficient (Wildman–Crippen LogP) is 9.07. The zero-order valence-electron chi connectivity index (χ0n) is 23.3. The molecule has 10 rings (SSSR count). The van der Waals surface area contributed by atoms with Crippen LogP contribution in [-0.2, 0) is 0 Å². The average molecular weight is 526 g/mol. The van der Waals surface area contributed by atoms with E-state index in [1.807, 2.05) is 12.1 Å². The van der Waals surface area contributed by atoms with Crippen LogP contribution in [-0.4, -0.2) is 6.16 Å². The summed E-state index contributed by atoms with van der Waals surface area (Å²) in [4.78, 5) is 0. The molecule has 2 aromatic carbocycles. The quantitative estimate of drug-likeness (QED) is 0.208. The second-order valence-electron chi connectivity index (χ2n) is 15.3. The van der Waals surface area contributed by atoms with Crippen molar-refractivity contribution in [3.05, 3.63) is 48.5 Å². The van der Waals surface area contributed by atoms with E-state index in [4.69, 9.17) is 5.73 Å². The van der Waals surface area contributed by atoms with Gasteiger partial charge in [-0.25, -0.2) is 0 Å². The van der Waals surface area contributed by atoms with Gasteiger partial charge in [-0.05, 0) is 171 Å². The fraction of sp³-hybridized carbons (Fsp3) is 0.667. The lowest BCUT2D eigenvalue weighted by Crippen LogP contribution is -2.58. The molecule has 0 saturated heterocycles. The molecule has 1 nitrogen and oxygen atoms in total.